The number of piperidine rings is 1. The average molecular weight is 405 g/mol. The number of amides is 1. The lowest BCUT2D eigenvalue weighted by Crippen LogP contribution is -2.53. The predicted octanol–water partition coefficient (Wildman–Crippen LogP) is 1.26. The highest BCUT2D eigenvalue weighted by Crippen LogP contribution is 2.28. The summed E-state index contributed by atoms with van der Waals surface area (Å²) < 4.78 is 19.2. The summed E-state index contributed by atoms with van der Waals surface area (Å²) in [5.74, 6) is -0.112. The first kappa shape index (κ1) is 19.8. The second-order valence-electron chi connectivity index (χ2n) is 6.85. The average Bonchev–Trinajstić information content (AvgIpc) is 3.07. The van der Waals surface area contributed by atoms with Crippen LogP contribution in [0.25, 0.3) is 0 Å². The summed E-state index contributed by atoms with van der Waals surface area (Å²) in [5, 5.41) is 3.44. The Bertz CT molecular complexity index is 666. The topological polar surface area (TPSA) is 65.6 Å². The largest absolute Gasteiger partial charge is 0.370 e. The van der Waals surface area contributed by atoms with Gasteiger partial charge in [0.25, 0.3) is 0 Å². The molecule has 3 N–H and O–H groups in total. The van der Waals surface area contributed by atoms with E-state index in [9.17, 15) is 9.18 Å². The smallest absolute Gasteiger partial charge is 0.241 e. The van der Waals surface area contributed by atoms with Gasteiger partial charge >= 0.3 is 0 Å². The van der Waals surface area contributed by atoms with Crippen LogP contribution in [0.3, 0.4) is 0 Å². The maximum Gasteiger partial charge on any atom is 0.241 e. The Kier molecular flexibility index (Phi) is 6.37. The number of hydrazine groups is 1. The molecule has 0 radical (unpaired) electrons. The molecule has 3 saturated heterocycles. The van der Waals surface area contributed by atoms with Gasteiger partial charge in [0.2, 0.25) is 5.91 Å². The highest BCUT2D eigenvalue weighted by molar-refractivity contribution is 6.30. The minimum absolute atomic E-state index is 0. The van der Waals surface area contributed by atoms with Crippen LogP contribution >= 0.6 is 24.0 Å². The van der Waals surface area contributed by atoms with Gasteiger partial charge in [-0.2, -0.15) is 0 Å². The number of nitrogens with zero attached hydrogens (tertiary/aromatic N) is 1. The molecule has 4 unspecified atom stereocenters. The number of nitrogens with one attached hydrogen (secondary N) is 3. The zero-order valence-corrected chi connectivity index (χ0v) is 15.8. The first-order valence-electron chi connectivity index (χ1n) is 8.70. The number of halogens is 3. The molecule has 0 saturated carbocycles. The van der Waals surface area contributed by atoms with Gasteiger partial charge in [0.15, 0.2) is 0 Å². The lowest BCUT2D eigenvalue weighted by molar-refractivity contribution is -0.142. The Morgan fingerprint density at radius 1 is 1.35 bits per heavy atom. The maximum atomic E-state index is 13.4. The van der Waals surface area contributed by atoms with Crippen molar-refractivity contribution >= 4 is 29.9 Å². The summed E-state index contributed by atoms with van der Waals surface area (Å²) in [7, 11) is 0. The Hall–Kier alpha value is -0.960. The van der Waals surface area contributed by atoms with E-state index in [1.807, 2.05) is 4.90 Å². The molecule has 3 aliphatic heterocycles. The first-order chi connectivity index (χ1) is 12.1. The molecule has 6 nitrogen and oxygen atoms in total. The minimum atomic E-state index is -0.453. The fourth-order valence-electron chi connectivity index (χ4n) is 3.92. The van der Waals surface area contributed by atoms with Crippen LogP contribution in [-0.2, 0) is 9.53 Å². The SMILES string of the molecule is Cl.O=C(C1NNC2CCNCC21)N1CCOC(c2ccc(F)c(Cl)c2)C1. The van der Waals surface area contributed by atoms with E-state index in [0.29, 0.717) is 25.7 Å². The van der Waals surface area contributed by atoms with Crippen LogP contribution in [0.5, 0.6) is 0 Å². The molecule has 1 aromatic carbocycles. The highest BCUT2D eigenvalue weighted by Gasteiger charge is 2.43. The molecule has 144 valence electrons. The van der Waals surface area contributed by atoms with Crippen LogP contribution in [0.4, 0.5) is 4.39 Å². The van der Waals surface area contributed by atoms with Crippen molar-refractivity contribution in [1.29, 1.82) is 0 Å². The molecule has 0 aliphatic carbocycles. The van der Waals surface area contributed by atoms with Gasteiger partial charge in [-0.15, -0.1) is 12.4 Å². The van der Waals surface area contributed by atoms with Crippen LogP contribution in [0.1, 0.15) is 18.1 Å². The van der Waals surface area contributed by atoms with E-state index < -0.39 is 5.82 Å². The van der Waals surface area contributed by atoms with E-state index in [0.717, 1.165) is 25.1 Å². The van der Waals surface area contributed by atoms with Crippen molar-refractivity contribution in [3.63, 3.8) is 0 Å². The third-order valence-corrected chi connectivity index (χ3v) is 5.63. The van der Waals surface area contributed by atoms with E-state index in [-0.39, 0.29) is 41.4 Å². The van der Waals surface area contributed by atoms with Crippen molar-refractivity contribution < 1.29 is 13.9 Å². The number of hydrogen-bond donors (Lipinski definition) is 3. The van der Waals surface area contributed by atoms with Gasteiger partial charge in [-0.05, 0) is 30.7 Å². The molecule has 3 fully saturated rings. The molecular weight excluding hydrogens is 382 g/mol. The summed E-state index contributed by atoms with van der Waals surface area (Å²) in [5.41, 5.74) is 7.22. The molecule has 4 atom stereocenters. The van der Waals surface area contributed by atoms with Crippen molar-refractivity contribution in [2.75, 3.05) is 32.8 Å². The predicted molar refractivity (Wildman–Crippen MR) is 98.8 cm³/mol. The number of rotatable bonds is 2. The van der Waals surface area contributed by atoms with Crippen LogP contribution in [0, 0.1) is 11.7 Å². The number of carbonyl (C=O) groups is 1. The molecule has 3 aliphatic rings. The summed E-state index contributed by atoms with van der Waals surface area (Å²) >= 11 is 5.88. The zero-order chi connectivity index (χ0) is 17.4. The lowest BCUT2D eigenvalue weighted by atomic mass is 9.88. The van der Waals surface area contributed by atoms with Crippen LogP contribution in [0.15, 0.2) is 18.2 Å². The van der Waals surface area contributed by atoms with Crippen molar-refractivity contribution in [3.05, 3.63) is 34.6 Å². The van der Waals surface area contributed by atoms with Crippen molar-refractivity contribution in [1.82, 2.24) is 21.1 Å². The number of hydrogen-bond acceptors (Lipinski definition) is 5. The summed E-state index contributed by atoms with van der Waals surface area (Å²) in [6.45, 7) is 3.28. The summed E-state index contributed by atoms with van der Waals surface area (Å²) in [6, 6.07) is 4.68. The molecule has 3 heterocycles. The molecule has 26 heavy (non-hydrogen) atoms. The number of carbonyl (C=O) groups excluding carboxylic acids is 1. The van der Waals surface area contributed by atoms with E-state index in [1.165, 1.54) is 6.07 Å². The fourth-order valence-corrected chi connectivity index (χ4v) is 4.11. The van der Waals surface area contributed by atoms with Crippen molar-refractivity contribution in [2.45, 2.75) is 24.6 Å². The first-order valence-corrected chi connectivity index (χ1v) is 9.08. The Balaban J connectivity index is 0.00000196. The fraction of sp³-hybridized carbons (Fsp3) is 0.588. The van der Waals surface area contributed by atoms with Gasteiger partial charge in [-0.25, -0.2) is 9.82 Å². The standard InChI is InChI=1S/C17H22ClFN4O2.ClH/c18-12-7-10(1-2-13(12)19)15-9-23(5-6-25-15)17(24)16-11-8-20-4-3-14(11)21-22-16;/h1-2,7,11,14-16,20-22H,3-6,8-9H2;1H. The Labute approximate surface area is 163 Å². The van der Waals surface area contributed by atoms with Crippen molar-refractivity contribution in [2.24, 2.45) is 5.92 Å². The van der Waals surface area contributed by atoms with Gasteiger partial charge in [0, 0.05) is 25.0 Å². The molecular formula is C17H23Cl2FN4O2. The van der Waals surface area contributed by atoms with Gasteiger partial charge < -0.3 is 15.0 Å². The third-order valence-electron chi connectivity index (χ3n) is 5.34. The van der Waals surface area contributed by atoms with Crippen molar-refractivity contribution in [3.8, 4) is 0 Å². The maximum absolute atomic E-state index is 13.4. The quantitative estimate of drug-likeness (QED) is 0.692. The summed E-state index contributed by atoms with van der Waals surface area (Å²) in [4.78, 5) is 14.8. The van der Waals surface area contributed by atoms with Crippen LogP contribution < -0.4 is 16.2 Å². The number of benzene rings is 1. The second-order valence-corrected chi connectivity index (χ2v) is 7.25. The molecule has 0 bridgehead atoms. The van der Waals surface area contributed by atoms with Gasteiger partial charge in [-0.3, -0.25) is 10.2 Å². The van der Waals surface area contributed by atoms with E-state index in [2.05, 4.69) is 16.2 Å². The van der Waals surface area contributed by atoms with Gasteiger partial charge in [0.05, 0.1) is 18.2 Å². The number of morpholine rings is 1. The van der Waals surface area contributed by atoms with Gasteiger partial charge in [0.1, 0.15) is 18.0 Å². The Morgan fingerprint density at radius 3 is 3.00 bits per heavy atom. The minimum Gasteiger partial charge on any atom is -0.370 e. The third kappa shape index (κ3) is 3.83. The zero-order valence-electron chi connectivity index (χ0n) is 14.2. The molecule has 0 spiro atoms. The van der Waals surface area contributed by atoms with E-state index in [1.54, 1.807) is 12.1 Å². The molecule has 1 aromatic rings. The van der Waals surface area contributed by atoms with Gasteiger partial charge in [-0.1, -0.05) is 17.7 Å². The van der Waals surface area contributed by atoms with Crippen LogP contribution in [-0.4, -0.2) is 55.7 Å². The molecule has 0 aromatic heterocycles. The normalized spacial score (nSPS) is 31.2. The summed E-state index contributed by atoms with van der Waals surface area (Å²) in [6.07, 6.45) is 0.729. The van der Waals surface area contributed by atoms with E-state index >= 15 is 0 Å². The lowest BCUT2D eigenvalue weighted by Gasteiger charge is -2.36. The van der Waals surface area contributed by atoms with Crippen LogP contribution in [0.2, 0.25) is 5.02 Å². The second kappa shape index (κ2) is 8.37. The Morgan fingerprint density at radius 2 is 2.19 bits per heavy atom. The highest BCUT2D eigenvalue weighted by atomic mass is 35.5. The monoisotopic (exact) mass is 404 g/mol. The van der Waals surface area contributed by atoms with E-state index in [4.69, 9.17) is 16.3 Å². The number of fused-ring (bicyclic) bond motifs is 1. The molecule has 4 rings (SSSR count). The molecule has 9 heteroatoms. The molecule has 1 amide bonds. The number of ether oxygens (including phenoxy) is 1.